The van der Waals surface area contributed by atoms with Crippen molar-refractivity contribution in [1.82, 2.24) is 0 Å². The third-order valence-electron chi connectivity index (χ3n) is 1.33. The van der Waals surface area contributed by atoms with Crippen LogP contribution in [0.1, 0.15) is 5.56 Å². The number of halogens is 5. The number of phenols is 1. The molecule has 1 N–H and O–H groups in total. The van der Waals surface area contributed by atoms with Crippen LogP contribution in [0.2, 0.25) is 5.02 Å². The minimum atomic E-state index is -4.60. The SMILES string of the molecule is Oc1c(Cl)cc(Br)cc1C(F)(F)F. The zero-order chi connectivity index (χ0) is 10.2. The van der Waals surface area contributed by atoms with Crippen LogP contribution < -0.4 is 0 Å². The summed E-state index contributed by atoms with van der Waals surface area (Å²) in [5.41, 5.74) is -1.15. The highest BCUT2D eigenvalue weighted by Gasteiger charge is 2.35. The van der Waals surface area contributed by atoms with Crippen LogP contribution in [0.3, 0.4) is 0 Å². The molecule has 0 aliphatic carbocycles. The predicted molar refractivity (Wildman–Crippen MR) is 45.8 cm³/mol. The second-order valence-corrected chi connectivity index (χ2v) is 3.60. The molecule has 0 saturated carbocycles. The van der Waals surface area contributed by atoms with Gasteiger partial charge in [-0.25, -0.2) is 0 Å². The number of rotatable bonds is 0. The summed E-state index contributed by atoms with van der Waals surface area (Å²) in [6, 6.07) is 1.95. The van der Waals surface area contributed by atoms with Crippen molar-refractivity contribution >= 4 is 27.5 Å². The summed E-state index contributed by atoms with van der Waals surface area (Å²) < 4.78 is 36.7. The van der Waals surface area contributed by atoms with Crippen LogP contribution in [-0.2, 0) is 6.18 Å². The summed E-state index contributed by atoms with van der Waals surface area (Å²) in [6.07, 6.45) is -4.60. The van der Waals surface area contributed by atoms with Gasteiger partial charge in [-0.15, -0.1) is 0 Å². The van der Waals surface area contributed by atoms with E-state index in [1.165, 1.54) is 6.07 Å². The second kappa shape index (κ2) is 3.38. The normalized spacial score (nSPS) is 11.8. The predicted octanol–water partition coefficient (Wildman–Crippen LogP) is 3.83. The monoisotopic (exact) mass is 274 g/mol. The van der Waals surface area contributed by atoms with E-state index in [0.717, 1.165) is 6.07 Å². The molecule has 1 rings (SSSR count). The highest BCUT2D eigenvalue weighted by Crippen LogP contribution is 2.41. The van der Waals surface area contributed by atoms with Crippen molar-refractivity contribution in [2.45, 2.75) is 6.18 Å². The van der Waals surface area contributed by atoms with Gasteiger partial charge < -0.3 is 5.11 Å². The van der Waals surface area contributed by atoms with Crippen molar-refractivity contribution in [3.05, 3.63) is 27.2 Å². The molecular weight excluding hydrogens is 272 g/mol. The maximum atomic E-state index is 12.2. The molecule has 6 heteroatoms. The lowest BCUT2D eigenvalue weighted by molar-refractivity contribution is -0.138. The molecule has 0 amide bonds. The Hall–Kier alpha value is -0.420. The van der Waals surface area contributed by atoms with Crippen LogP contribution in [0.5, 0.6) is 5.75 Å². The Morgan fingerprint density at radius 2 is 1.85 bits per heavy atom. The van der Waals surface area contributed by atoms with E-state index in [1.54, 1.807) is 0 Å². The van der Waals surface area contributed by atoms with Crippen molar-refractivity contribution in [3.63, 3.8) is 0 Å². The topological polar surface area (TPSA) is 20.2 Å². The molecule has 72 valence electrons. The van der Waals surface area contributed by atoms with E-state index < -0.39 is 17.5 Å². The third kappa shape index (κ3) is 2.28. The zero-order valence-electron chi connectivity index (χ0n) is 5.99. The Balaban J connectivity index is 3.37. The first kappa shape index (κ1) is 10.7. The number of alkyl halides is 3. The van der Waals surface area contributed by atoms with Gasteiger partial charge in [-0.3, -0.25) is 0 Å². The van der Waals surface area contributed by atoms with Crippen LogP contribution >= 0.6 is 27.5 Å². The largest absolute Gasteiger partial charge is 0.506 e. The highest BCUT2D eigenvalue weighted by molar-refractivity contribution is 9.10. The smallest absolute Gasteiger partial charge is 0.420 e. The summed E-state index contributed by atoms with van der Waals surface area (Å²) in [5, 5.41) is 8.65. The fourth-order valence-corrected chi connectivity index (χ4v) is 1.59. The molecule has 0 heterocycles. The summed E-state index contributed by atoms with van der Waals surface area (Å²) in [7, 11) is 0. The first-order valence-corrected chi connectivity index (χ1v) is 4.24. The number of benzene rings is 1. The molecule has 1 aromatic rings. The Morgan fingerprint density at radius 3 is 2.31 bits per heavy atom. The standard InChI is InChI=1S/C7H3BrClF3O/c8-3-1-4(7(10,11)12)6(13)5(9)2-3/h1-2,13H. The van der Waals surface area contributed by atoms with Gasteiger partial charge in [-0.05, 0) is 12.1 Å². The van der Waals surface area contributed by atoms with E-state index in [2.05, 4.69) is 15.9 Å². The number of hydrogen-bond acceptors (Lipinski definition) is 1. The fourth-order valence-electron chi connectivity index (χ4n) is 0.782. The van der Waals surface area contributed by atoms with Crippen molar-refractivity contribution < 1.29 is 18.3 Å². The Labute approximate surface area is 85.3 Å². The van der Waals surface area contributed by atoms with E-state index in [-0.39, 0.29) is 9.50 Å². The molecule has 1 aromatic carbocycles. The van der Waals surface area contributed by atoms with Gasteiger partial charge in [0.1, 0.15) is 5.75 Å². The minimum absolute atomic E-state index is 0.169. The maximum Gasteiger partial charge on any atom is 0.420 e. The average Bonchev–Trinajstić information content (AvgIpc) is 1.94. The molecule has 0 aliphatic rings. The average molecular weight is 275 g/mol. The Kier molecular flexibility index (Phi) is 2.77. The molecule has 0 atom stereocenters. The molecular formula is C7H3BrClF3O. The van der Waals surface area contributed by atoms with E-state index in [0.29, 0.717) is 0 Å². The quantitative estimate of drug-likeness (QED) is 0.763. The van der Waals surface area contributed by atoms with Gasteiger partial charge >= 0.3 is 6.18 Å². The van der Waals surface area contributed by atoms with Gasteiger partial charge in [0.25, 0.3) is 0 Å². The van der Waals surface area contributed by atoms with Crippen molar-refractivity contribution in [1.29, 1.82) is 0 Å². The molecule has 1 nitrogen and oxygen atoms in total. The van der Waals surface area contributed by atoms with Crippen LogP contribution in [0.4, 0.5) is 13.2 Å². The molecule has 0 fully saturated rings. The molecule has 0 aliphatic heterocycles. The van der Waals surface area contributed by atoms with Crippen LogP contribution in [0.25, 0.3) is 0 Å². The molecule has 0 spiro atoms. The molecule has 0 saturated heterocycles. The highest BCUT2D eigenvalue weighted by atomic mass is 79.9. The lowest BCUT2D eigenvalue weighted by Crippen LogP contribution is -2.05. The van der Waals surface area contributed by atoms with E-state index >= 15 is 0 Å². The first-order valence-electron chi connectivity index (χ1n) is 3.07. The van der Waals surface area contributed by atoms with Crippen LogP contribution in [0, 0.1) is 0 Å². The van der Waals surface area contributed by atoms with Gasteiger partial charge in [0.15, 0.2) is 0 Å². The van der Waals surface area contributed by atoms with Crippen molar-refractivity contribution in [2.75, 3.05) is 0 Å². The Bertz CT molecular complexity index is 337. The summed E-state index contributed by atoms with van der Waals surface area (Å²) in [4.78, 5) is 0. The lowest BCUT2D eigenvalue weighted by Gasteiger charge is -2.10. The molecule has 0 aromatic heterocycles. The van der Waals surface area contributed by atoms with Gasteiger partial charge in [0.05, 0.1) is 10.6 Å². The first-order chi connectivity index (χ1) is 5.82. The summed E-state index contributed by atoms with van der Waals surface area (Å²) >= 11 is 8.19. The van der Waals surface area contributed by atoms with Gasteiger partial charge in [-0.2, -0.15) is 13.2 Å². The molecule has 0 radical (unpaired) electrons. The van der Waals surface area contributed by atoms with Gasteiger partial charge in [0.2, 0.25) is 0 Å². The Morgan fingerprint density at radius 1 is 1.31 bits per heavy atom. The number of phenolic OH excluding ortho intramolecular Hbond substituents is 1. The van der Waals surface area contributed by atoms with E-state index in [9.17, 15) is 13.2 Å². The third-order valence-corrected chi connectivity index (χ3v) is 2.08. The number of aromatic hydroxyl groups is 1. The van der Waals surface area contributed by atoms with Crippen LogP contribution in [0.15, 0.2) is 16.6 Å². The summed E-state index contributed by atoms with van der Waals surface area (Å²) in [5.74, 6) is -0.947. The van der Waals surface area contributed by atoms with Crippen LogP contribution in [-0.4, -0.2) is 5.11 Å². The molecule has 0 bridgehead atoms. The molecule has 13 heavy (non-hydrogen) atoms. The second-order valence-electron chi connectivity index (χ2n) is 2.28. The lowest BCUT2D eigenvalue weighted by atomic mass is 10.2. The van der Waals surface area contributed by atoms with Crippen molar-refractivity contribution in [3.8, 4) is 5.75 Å². The zero-order valence-corrected chi connectivity index (χ0v) is 8.33. The van der Waals surface area contributed by atoms with E-state index in [4.69, 9.17) is 16.7 Å². The molecule has 0 unspecified atom stereocenters. The summed E-state index contributed by atoms with van der Waals surface area (Å²) in [6.45, 7) is 0. The number of hydrogen-bond donors (Lipinski definition) is 1. The maximum absolute atomic E-state index is 12.2. The fraction of sp³-hybridized carbons (Fsp3) is 0.143. The van der Waals surface area contributed by atoms with Gasteiger partial charge in [-0.1, -0.05) is 27.5 Å². The van der Waals surface area contributed by atoms with Crippen molar-refractivity contribution in [2.24, 2.45) is 0 Å². The van der Waals surface area contributed by atoms with Gasteiger partial charge in [0, 0.05) is 4.47 Å². The minimum Gasteiger partial charge on any atom is -0.506 e. The van der Waals surface area contributed by atoms with E-state index in [1.807, 2.05) is 0 Å².